The molecule has 0 spiro atoms. The summed E-state index contributed by atoms with van der Waals surface area (Å²) in [7, 11) is 1.61. The molecule has 0 aliphatic carbocycles. The molecule has 2 saturated heterocycles. The second-order valence-electron chi connectivity index (χ2n) is 10.2. The Hall–Kier alpha value is -3.28. The number of allylic oxidation sites excluding steroid dienone is 1. The van der Waals surface area contributed by atoms with Gasteiger partial charge in [-0.2, -0.15) is 13.2 Å². The molecule has 5 rings (SSSR count). The third-order valence-corrected chi connectivity index (χ3v) is 7.76. The molecule has 0 radical (unpaired) electrons. The summed E-state index contributed by atoms with van der Waals surface area (Å²) in [6, 6.07) is 8.29. The van der Waals surface area contributed by atoms with E-state index in [2.05, 4.69) is 9.88 Å². The van der Waals surface area contributed by atoms with Gasteiger partial charge in [0.2, 0.25) is 5.90 Å². The molecule has 0 bridgehead atoms. The standard InChI is InChI=1S/C29H33F3N4O4/c1-20-25(22-6-4-10-33-19-22)18-28(36-11-15-39-16-12-36,27(34-20)40-24-8-13-38-14-9-24)35(2)26(37)21-5-3-7-23(17-21)29(30,31)32/h3-7,10,17,19,24H,8-9,11-16,18H2,1-2H3. The van der Waals surface area contributed by atoms with Gasteiger partial charge in [0.1, 0.15) is 6.10 Å². The highest BCUT2D eigenvalue weighted by molar-refractivity contribution is 6.01. The fourth-order valence-corrected chi connectivity index (χ4v) is 5.53. The van der Waals surface area contributed by atoms with E-state index in [0.717, 1.165) is 29.0 Å². The number of rotatable bonds is 5. The molecule has 0 N–H and O–H groups in total. The van der Waals surface area contributed by atoms with Gasteiger partial charge in [0.15, 0.2) is 5.66 Å². The lowest BCUT2D eigenvalue weighted by atomic mass is 9.87. The number of halogens is 3. The number of carbonyl (C=O) groups is 1. The highest BCUT2D eigenvalue weighted by atomic mass is 19.4. The van der Waals surface area contributed by atoms with Crippen LogP contribution in [0, 0.1) is 0 Å². The van der Waals surface area contributed by atoms with Gasteiger partial charge in [-0.05, 0) is 42.3 Å². The van der Waals surface area contributed by atoms with Crippen LogP contribution in [0.2, 0.25) is 0 Å². The first-order valence-corrected chi connectivity index (χ1v) is 13.4. The van der Waals surface area contributed by atoms with E-state index in [1.54, 1.807) is 19.4 Å². The normalized spacial score (nSPS) is 23.1. The number of carbonyl (C=O) groups excluding carboxylic acids is 1. The number of morpholine rings is 1. The van der Waals surface area contributed by atoms with Crippen molar-refractivity contribution >= 4 is 17.4 Å². The van der Waals surface area contributed by atoms with E-state index in [4.69, 9.17) is 19.2 Å². The Balaban J connectivity index is 1.63. The lowest BCUT2D eigenvalue weighted by molar-refractivity contribution is -0.137. The Morgan fingerprint density at radius 1 is 1.10 bits per heavy atom. The first kappa shape index (κ1) is 28.3. The summed E-state index contributed by atoms with van der Waals surface area (Å²) in [5.74, 6) is -0.208. The number of amides is 1. The van der Waals surface area contributed by atoms with Gasteiger partial charge in [-0.3, -0.25) is 14.7 Å². The van der Waals surface area contributed by atoms with E-state index in [9.17, 15) is 18.0 Å². The molecule has 2 fully saturated rings. The second-order valence-corrected chi connectivity index (χ2v) is 10.2. The number of ether oxygens (including phenoxy) is 3. The number of pyridine rings is 1. The van der Waals surface area contributed by atoms with Crippen LogP contribution in [-0.4, -0.2) is 84.9 Å². The Morgan fingerprint density at radius 3 is 2.50 bits per heavy atom. The molecule has 1 aromatic carbocycles. The van der Waals surface area contributed by atoms with Crippen LogP contribution in [0.25, 0.3) is 5.57 Å². The van der Waals surface area contributed by atoms with E-state index in [1.807, 2.05) is 19.1 Å². The zero-order valence-electron chi connectivity index (χ0n) is 22.6. The van der Waals surface area contributed by atoms with E-state index >= 15 is 0 Å². The average Bonchev–Trinajstić information content (AvgIpc) is 2.98. The van der Waals surface area contributed by atoms with Gasteiger partial charge < -0.3 is 19.1 Å². The molecule has 1 amide bonds. The topological polar surface area (TPSA) is 76.5 Å². The minimum Gasteiger partial charge on any atom is -0.475 e. The van der Waals surface area contributed by atoms with E-state index < -0.39 is 23.3 Å². The number of benzene rings is 1. The van der Waals surface area contributed by atoms with Crippen molar-refractivity contribution in [1.29, 1.82) is 0 Å². The van der Waals surface area contributed by atoms with Crippen LogP contribution in [0.3, 0.4) is 0 Å². The lowest BCUT2D eigenvalue weighted by Crippen LogP contribution is -2.69. The SMILES string of the molecule is CC1=C(c2cccnc2)CC(N2CCOCC2)(N(C)C(=O)c2cccc(C(F)(F)F)c2)C(OC2CCOCC2)=N1. The summed E-state index contributed by atoms with van der Waals surface area (Å²) < 4.78 is 58.4. The van der Waals surface area contributed by atoms with Gasteiger partial charge in [0.25, 0.3) is 5.91 Å². The van der Waals surface area contributed by atoms with Crippen molar-refractivity contribution in [2.24, 2.45) is 4.99 Å². The number of hydrogen-bond donors (Lipinski definition) is 0. The smallest absolute Gasteiger partial charge is 0.416 e. The van der Waals surface area contributed by atoms with Gasteiger partial charge in [-0.25, -0.2) is 4.99 Å². The molecule has 214 valence electrons. The van der Waals surface area contributed by atoms with Crippen LogP contribution in [0.5, 0.6) is 0 Å². The number of nitrogens with zero attached hydrogens (tertiary/aromatic N) is 4. The van der Waals surface area contributed by atoms with Crippen LogP contribution < -0.4 is 0 Å². The van der Waals surface area contributed by atoms with Crippen molar-refractivity contribution in [2.75, 3.05) is 46.6 Å². The number of aliphatic imine (C=N–C) groups is 1. The molecule has 40 heavy (non-hydrogen) atoms. The van der Waals surface area contributed by atoms with E-state index in [1.165, 1.54) is 17.0 Å². The van der Waals surface area contributed by atoms with Crippen LogP contribution >= 0.6 is 0 Å². The molecule has 1 atom stereocenters. The van der Waals surface area contributed by atoms with E-state index in [-0.39, 0.29) is 11.7 Å². The maximum Gasteiger partial charge on any atom is 0.416 e. The van der Waals surface area contributed by atoms with Crippen LogP contribution in [-0.2, 0) is 20.4 Å². The summed E-state index contributed by atoms with van der Waals surface area (Å²) in [6.45, 7) is 4.83. The first-order chi connectivity index (χ1) is 19.2. The van der Waals surface area contributed by atoms with Crippen molar-refractivity contribution in [3.05, 3.63) is 71.2 Å². The Labute approximate surface area is 231 Å². The average molecular weight is 559 g/mol. The highest BCUT2D eigenvalue weighted by Gasteiger charge is 2.53. The van der Waals surface area contributed by atoms with Gasteiger partial charge in [-0.1, -0.05) is 12.1 Å². The number of hydrogen-bond acceptors (Lipinski definition) is 7. The predicted molar refractivity (Wildman–Crippen MR) is 142 cm³/mol. The number of alkyl halides is 3. The molecule has 4 heterocycles. The van der Waals surface area contributed by atoms with Crippen LogP contribution in [0.4, 0.5) is 13.2 Å². The molecule has 3 aliphatic rings. The zero-order chi connectivity index (χ0) is 28.3. The molecule has 8 nitrogen and oxygen atoms in total. The molecular weight excluding hydrogens is 525 g/mol. The van der Waals surface area contributed by atoms with Gasteiger partial charge >= 0.3 is 6.18 Å². The Kier molecular flexibility index (Phi) is 8.25. The fraction of sp³-hybridized carbons (Fsp3) is 0.483. The molecular formula is C29H33F3N4O4. The van der Waals surface area contributed by atoms with Gasteiger partial charge in [0.05, 0.1) is 32.0 Å². The molecule has 3 aliphatic heterocycles. The van der Waals surface area contributed by atoms with Crippen molar-refractivity contribution in [2.45, 2.75) is 44.1 Å². The highest BCUT2D eigenvalue weighted by Crippen LogP contribution is 2.41. The number of likely N-dealkylation sites (N-methyl/N-ethyl adjacent to an activating group) is 1. The largest absolute Gasteiger partial charge is 0.475 e. The summed E-state index contributed by atoms with van der Waals surface area (Å²) in [6.07, 6.45) is 0.337. The van der Waals surface area contributed by atoms with Crippen molar-refractivity contribution in [1.82, 2.24) is 14.8 Å². The zero-order valence-corrected chi connectivity index (χ0v) is 22.6. The Morgan fingerprint density at radius 2 is 1.82 bits per heavy atom. The quantitative estimate of drug-likeness (QED) is 0.533. The van der Waals surface area contributed by atoms with Gasteiger partial charge in [-0.15, -0.1) is 0 Å². The van der Waals surface area contributed by atoms with E-state index in [0.29, 0.717) is 64.7 Å². The minimum atomic E-state index is -4.58. The summed E-state index contributed by atoms with van der Waals surface area (Å²) in [5.41, 5.74) is 0.311. The van der Waals surface area contributed by atoms with Crippen molar-refractivity contribution in [3.8, 4) is 0 Å². The summed E-state index contributed by atoms with van der Waals surface area (Å²) >= 11 is 0. The van der Waals surface area contributed by atoms with Crippen molar-refractivity contribution < 1.29 is 32.2 Å². The van der Waals surface area contributed by atoms with Gasteiger partial charge in [0, 0.05) is 63.1 Å². The van der Waals surface area contributed by atoms with Crippen LogP contribution in [0.1, 0.15) is 47.7 Å². The first-order valence-electron chi connectivity index (χ1n) is 13.4. The second kappa shape index (κ2) is 11.7. The minimum absolute atomic E-state index is 0.0652. The summed E-state index contributed by atoms with van der Waals surface area (Å²) in [4.78, 5) is 26.9. The number of aromatic nitrogens is 1. The molecule has 0 saturated carbocycles. The summed E-state index contributed by atoms with van der Waals surface area (Å²) in [5, 5.41) is 0. The lowest BCUT2D eigenvalue weighted by Gasteiger charge is -2.52. The Bertz CT molecular complexity index is 1270. The monoisotopic (exact) mass is 558 g/mol. The third-order valence-electron chi connectivity index (χ3n) is 7.76. The maximum atomic E-state index is 14.1. The maximum absolute atomic E-state index is 14.1. The predicted octanol–water partition coefficient (Wildman–Crippen LogP) is 4.63. The molecule has 1 unspecified atom stereocenters. The molecule has 11 heteroatoms. The molecule has 1 aromatic heterocycles. The van der Waals surface area contributed by atoms with Crippen LogP contribution in [0.15, 0.2) is 59.5 Å². The fourth-order valence-electron chi connectivity index (χ4n) is 5.53. The third kappa shape index (κ3) is 5.63. The van der Waals surface area contributed by atoms with Crippen molar-refractivity contribution in [3.63, 3.8) is 0 Å². The molecule has 2 aromatic rings.